The van der Waals surface area contributed by atoms with Crippen LogP contribution in [0.15, 0.2) is 53.1 Å². The van der Waals surface area contributed by atoms with Crippen LogP contribution >= 0.6 is 11.6 Å². The molecular weight excluding hydrogens is 508 g/mol. The third-order valence-electron chi connectivity index (χ3n) is 7.86. The quantitative estimate of drug-likeness (QED) is 0.339. The average molecular weight is 539 g/mol. The molecule has 8 nitrogen and oxygen atoms in total. The summed E-state index contributed by atoms with van der Waals surface area (Å²) in [6, 6.07) is 15.6. The summed E-state index contributed by atoms with van der Waals surface area (Å²) in [5.74, 6) is 0.237. The number of fused-ring (bicyclic) bond motifs is 3. The first kappa shape index (κ1) is 26.3. The third-order valence-corrected chi connectivity index (χ3v) is 8.23. The summed E-state index contributed by atoms with van der Waals surface area (Å²) >= 11 is 6.19. The molecule has 38 heavy (non-hydrogen) atoms. The van der Waals surface area contributed by atoms with Gasteiger partial charge in [-0.3, -0.25) is 10.1 Å². The van der Waals surface area contributed by atoms with Crippen molar-refractivity contribution in [3.05, 3.63) is 70.4 Å². The van der Waals surface area contributed by atoms with Crippen LogP contribution in [0.25, 0.3) is 11.3 Å². The third kappa shape index (κ3) is 5.28. The number of ether oxygens (including phenoxy) is 3. The van der Waals surface area contributed by atoms with Crippen molar-refractivity contribution >= 4 is 29.4 Å². The fourth-order valence-electron chi connectivity index (χ4n) is 5.50. The number of nitrogens with zero attached hydrogens (tertiary/aromatic N) is 1. The van der Waals surface area contributed by atoms with Crippen LogP contribution in [-0.4, -0.2) is 43.1 Å². The van der Waals surface area contributed by atoms with Crippen molar-refractivity contribution in [2.24, 2.45) is 0 Å². The van der Waals surface area contributed by atoms with Gasteiger partial charge in [0.05, 0.1) is 32.3 Å². The topological polar surface area (TPSA) is 99.9 Å². The number of methoxy groups -OCH3 is 1. The van der Waals surface area contributed by atoms with Crippen LogP contribution < -0.4 is 5.32 Å². The molecule has 200 valence electrons. The van der Waals surface area contributed by atoms with Crippen LogP contribution in [0.2, 0.25) is 5.02 Å². The summed E-state index contributed by atoms with van der Waals surface area (Å²) < 4.78 is 22.2. The van der Waals surface area contributed by atoms with E-state index in [9.17, 15) is 9.59 Å². The van der Waals surface area contributed by atoms with Gasteiger partial charge in [0.15, 0.2) is 5.76 Å². The zero-order valence-corrected chi connectivity index (χ0v) is 22.3. The number of esters is 1. The lowest BCUT2D eigenvalue weighted by atomic mass is 9.62. The molecular formula is C29H31ClN2O6. The number of carbonyl (C=O) groups excluding carboxylic acids is 2. The lowest BCUT2D eigenvalue weighted by Gasteiger charge is -2.53. The van der Waals surface area contributed by atoms with Crippen molar-refractivity contribution in [1.82, 2.24) is 5.16 Å². The number of carbonyl (C=O) groups is 2. The molecule has 1 saturated carbocycles. The second kappa shape index (κ2) is 10.8. The molecule has 0 spiro atoms. The Labute approximate surface area is 226 Å². The number of hydrogen-bond donors (Lipinski definition) is 1. The molecule has 3 heterocycles. The Bertz CT molecular complexity index is 1310. The fourth-order valence-corrected chi connectivity index (χ4v) is 5.73. The molecule has 3 fully saturated rings. The van der Waals surface area contributed by atoms with E-state index < -0.39 is 11.7 Å². The summed E-state index contributed by atoms with van der Waals surface area (Å²) in [5.41, 5.74) is 3.34. The first-order chi connectivity index (χ1) is 18.3. The first-order valence-electron chi connectivity index (χ1n) is 12.8. The maximum Gasteiger partial charge on any atom is 0.411 e. The normalized spacial score (nSPS) is 22.2. The second-order valence-corrected chi connectivity index (χ2v) is 10.6. The van der Waals surface area contributed by atoms with Gasteiger partial charge in [-0.05, 0) is 55.9 Å². The molecule has 1 amide bonds. The van der Waals surface area contributed by atoms with Crippen LogP contribution in [0.3, 0.4) is 0 Å². The Morgan fingerprint density at radius 1 is 1.11 bits per heavy atom. The Balaban J connectivity index is 1.27. The van der Waals surface area contributed by atoms with E-state index in [1.807, 2.05) is 36.4 Å². The highest BCUT2D eigenvalue weighted by molar-refractivity contribution is 6.31. The minimum absolute atomic E-state index is 0.131. The molecule has 1 aliphatic carbocycles. The van der Waals surface area contributed by atoms with E-state index in [4.69, 9.17) is 30.3 Å². The maximum atomic E-state index is 12.6. The van der Waals surface area contributed by atoms with Gasteiger partial charge in [-0.1, -0.05) is 53.2 Å². The highest BCUT2D eigenvalue weighted by Crippen LogP contribution is 2.52. The Kier molecular flexibility index (Phi) is 7.45. The van der Waals surface area contributed by atoms with E-state index in [-0.39, 0.29) is 18.0 Å². The van der Waals surface area contributed by atoms with Crippen molar-refractivity contribution in [3.63, 3.8) is 0 Å². The molecule has 2 bridgehead atoms. The lowest BCUT2D eigenvalue weighted by molar-refractivity contribution is -0.176. The number of amides is 1. The molecule has 2 aliphatic heterocycles. The molecule has 1 aromatic heterocycles. The van der Waals surface area contributed by atoms with Gasteiger partial charge in [0, 0.05) is 22.4 Å². The SMILES string of the molecule is COC(=O)CC12CCC(c3cccc(-c4onc(C)c4NC(=O)OCCc4ccccc4Cl)c3)(CC1)CO2. The van der Waals surface area contributed by atoms with E-state index in [0.717, 1.165) is 42.4 Å². The van der Waals surface area contributed by atoms with Gasteiger partial charge >= 0.3 is 12.1 Å². The molecule has 0 unspecified atom stereocenters. The van der Waals surface area contributed by atoms with Crippen LogP contribution in [0.4, 0.5) is 10.5 Å². The van der Waals surface area contributed by atoms with Crippen molar-refractivity contribution in [2.45, 2.75) is 56.5 Å². The molecule has 1 N–H and O–H groups in total. The van der Waals surface area contributed by atoms with E-state index in [1.165, 1.54) is 7.11 Å². The predicted molar refractivity (Wildman–Crippen MR) is 142 cm³/mol. The van der Waals surface area contributed by atoms with Gasteiger partial charge in [-0.15, -0.1) is 0 Å². The van der Waals surface area contributed by atoms with Crippen LogP contribution in [0.5, 0.6) is 0 Å². The lowest BCUT2D eigenvalue weighted by Crippen LogP contribution is -2.54. The molecule has 9 heteroatoms. The largest absolute Gasteiger partial charge is 0.469 e. The summed E-state index contributed by atoms with van der Waals surface area (Å²) in [6.45, 7) is 2.50. The van der Waals surface area contributed by atoms with Crippen molar-refractivity contribution in [3.8, 4) is 11.3 Å². The van der Waals surface area contributed by atoms with Gasteiger partial charge < -0.3 is 18.7 Å². The fraction of sp³-hybridized carbons (Fsp3) is 0.414. The Morgan fingerprint density at radius 2 is 1.89 bits per heavy atom. The standard InChI is InChI=1S/C29H31ClN2O6/c1-19-25(31-27(34)36-15-10-20-6-3-4-9-23(20)30)26(38-32-19)21-7-5-8-22(16-21)28-11-13-29(14-12-28,37-18-28)17-24(33)35-2/h3-9,16H,10-15,17-18H2,1-2H3,(H,31,34). The molecule has 6 rings (SSSR count). The molecule has 3 aromatic rings. The second-order valence-electron chi connectivity index (χ2n) is 10.2. The number of nitrogens with one attached hydrogen (secondary N) is 1. The minimum atomic E-state index is -0.589. The number of aromatic nitrogens is 1. The van der Waals surface area contributed by atoms with E-state index >= 15 is 0 Å². The number of benzene rings is 2. The smallest absolute Gasteiger partial charge is 0.411 e. The maximum absolute atomic E-state index is 12.6. The van der Waals surface area contributed by atoms with Gasteiger partial charge in [0.1, 0.15) is 11.4 Å². The van der Waals surface area contributed by atoms with E-state index in [2.05, 4.69) is 22.6 Å². The molecule has 2 aromatic carbocycles. The predicted octanol–water partition coefficient (Wildman–Crippen LogP) is 6.24. The molecule has 3 aliphatic rings. The summed E-state index contributed by atoms with van der Waals surface area (Å²) in [6.07, 6.45) is 3.67. The number of aryl methyl sites for hydroxylation is 1. The number of hydrogen-bond acceptors (Lipinski definition) is 7. The van der Waals surface area contributed by atoms with Gasteiger partial charge in [-0.25, -0.2) is 4.79 Å². The van der Waals surface area contributed by atoms with E-state index in [1.54, 1.807) is 6.92 Å². The number of halogens is 1. The van der Waals surface area contributed by atoms with Crippen molar-refractivity contribution in [1.29, 1.82) is 0 Å². The first-order valence-corrected chi connectivity index (χ1v) is 13.2. The van der Waals surface area contributed by atoms with E-state index in [0.29, 0.717) is 41.6 Å². The summed E-state index contributed by atoms with van der Waals surface area (Å²) in [4.78, 5) is 24.5. The summed E-state index contributed by atoms with van der Waals surface area (Å²) in [7, 11) is 1.41. The molecule has 2 saturated heterocycles. The van der Waals surface area contributed by atoms with Gasteiger partial charge in [0.25, 0.3) is 0 Å². The average Bonchev–Trinajstić information content (AvgIpc) is 3.30. The summed E-state index contributed by atoms with van der Waals surface area (Å²) in [5, 5.41) is 7.53. The molecule has 0 radical (unpaired) electrons. The zero-order valence-electron chi connectivity index (χ0n) is 21.6. The van der Waals surface area contributed by atoms with Crippen molar-refractivity contribution in [2.75, 3.05) is 25.6 Å². The van der Waals surface area contributed by atoms with Gasteiger partial charge in [-0.2, -0.15) is 0 Å². The van der Waals surface area contributed by atoms with Gasteiger partial charge in [0.2, 0.25) is 0 Å². The van der Waals surface area contributed by atoms with Crippen LogP contribution in [0.1, 0.15) is 48.9 Å². The van der Waals surface area contributed by atoms with Crippen molar-refractivity contribution < 1.29 is 28.3 Å². The van der Waals surface area contributed by atoms with Crippen LogP contribution in [-0.2, 0) is 30.8 Å². The number of rotatable bonds is 8. The zero-order chi connectivity index (χ0) is 26.8. The molecule has 0 atom stereocenters. The Morgan fingerprint density at radius 3 is 2.61 bits per heavy atom. The number of anilines is 1. The minimum Gasteiger partial charge on any atom is -0.469 e. The monoisotopic (exact) mass is 538 g/mol. The Hall–Kier alpha value is -3.36. The van der Waals surface area contributed by atoms with Crippen LogP contribution in [0, 0.1) is 6.92 Å². The highest BCUT2D eigenvalue weighted by Gasteiger charge is 2.51. The highest BCUT2D eigenvalue weighted by atomic mass is 35.5.